The van der Waals surface area contributed by atoms with E-state index in [-0.39, 0.29) is 12.5 Å². The fraction of sp³-hybridized carbons (Fsp3) is 0.974. The average molecular weight is 596 g/mol. The first-order valence-electron chi connectivity index (χ1n) is 19.2. The summed E-state index contributed by atoms with van der Waals surface area (Å²) >= 11 is 0. The van der Waals surface area contributed by atoms with Crippen LogP contribution in [0.15, 0.2) is 0 Å². The minimum atomic E-state index is -0.651. The van der Waals surface area contributed by atoms with Crippen molar-refractivity contribution in [2.75, 3.05) is 6.61 Å². The van der Waals surface area contributed by atoms with E-state index in [1.165, 1.54) is 167 Å². The Labute approximate surface area is 264 Å². The van der Waals surface area contributed by atoms with Crippen LogP contribution in [-0.4, -0.2) is 34.9 Å². The van der Waals surface area contributed by atoms with E-state index in [0.717, 1.165) is 25.7 Å². The van der Waals surface area contributed by atoms with Gasteiger partial charge in [-0.05, 0) is 12.8 Å². The molecule has 3 N–H and O–H groups in total. The highest BCUT2D eigenvalue weighted by Gasteiger charge is 2.19. The second kappa shape index (κ2) is 34.9. The molecule has 0 aliphatic rings. The summed E-state index contributed by atoms with van der Waals surface area (Å²) in [5.41, 5.74) is 0. The number of carbonyl (C=O) groups excluding carboxylic acids is 1. The van der Waals surface area contributed by atoms with E-state index in [0.29, 0.717) is 12.8 Å². The fourth-order valence-corrected chi connectivity index (χ4v) is 6.13. The smallest absolute Gasteiger partial charge is 0.220 e. The number of unbranched alkanes of at least 4 members (excludes halogenated alkanes) is 28. The summed E-state index contributed by atoms with van der Waals surface area (Å²) in [7, 11) is 0. The second-order valence-electron chi connectivity index (χ2n) is 13.4. The van der Waals surface area contributed by atoms with Gasteiger partial charge in [-0.2, -0.15) is 0 Å². The molecule has 2 atom stereocenters. The molecule has 42 heavy (non-hydrogen) atoms. The summed E-state index contributed by atoms with van der Waals surface area (Å²) in [6.45, 7) is 4.34. The first-order chi connectivity index (χ1) is 20.7. The Hall–Kier alpha value is -0.610. The Morgan fingerprint density at radius 1 is 0.476 bits per heavy atom. The summed E-state index contributed by atoms with van der Waals surface area (Å²) in [6.07, 6.45) is 40.3. The number of rotatable bonds is 35. The highest BCUT2D eigenvalue weighted by Crippen LogP contribution is 2.16. The lowest BCUT2D eigenvalue weighted by Crippen LogP contribution is -2.45. The van der Waals surface area contributed by atoms with Gasteiger partial charge in [0.1, 0.15) is 0 Å². The first kappa shape index (κ1) is 41.4. The molecule has 0 aliphatic heterocycles. The van der Waals surface area contributed by atoms with Crippen LogP contribution in [0.25, 0.3) is 0 Å². The number of carbonyl (C=O) groups is 1. The predicted molar refractivity (Wildman–Crippen MR) is 184 cm³/mol. The van der Waals surface area contributed by atoms with Crippen molar-refractivity contribution >= 4 is 5.91 Å². The lowest BCUT2D eigenvalue weighted by atomic mass is 10.0. The lowest BCUT2D eigenvalue weighted by Gasteiger charge is -2.22. The van der Waals surface area contributed by atoms with Crippen LogP contribution in [0.3, 0.4) is 0 Å². The molecule has 0 rings (SSSR count). The van der Waals surface area contributed by atoms with Crippen molar-refractivity contribution in [3.63, 3.8) is 0 Å². The zero-order chi connectivity index (χ0) is 30.8. The molecule has 0 saturated carbocycles. The van der Waals surface area contributed by atoms with E-state index in [2.05, 4.69) is 19.2 Å². The zero-order valence-corrected chi connectivity index (χ0v) is 28.8. The van der Waals surface area contributed by atoms with Gasteiger partial charge in [0.2, 0.25) is 5.91 Å². The van der Waals surface area contributed by atoms with Gasteiger partial charge in [-0.25, -0.2) is 0 Å². The van der Waals surface area contributed by atoms with E-state index < -0.39 is 12.1 Å². The molecule has 2 unspecified atom stereocenters. The van der Waals surface area contributed by atoms with Gasteiger partial charge in [0.15, 0.2) is 0 Å². The maximum absolute atomic E-state index is 12.3. The summed E-state index contributed by atoms with van der Waals surface area (Å²) in [5, 5.41) is 23.0. The van der Waals surface area contributed by atoms with Crippen molar-refractivity contribution in [1.29, 1.82) is 0 Å². The quantitative estimate of drug-likeness (QED) is 0.0638. The molecule has 252 valence electrons. The highest BCUT2D eigenvalue weighted by atomic mass is 16.3. The molecule has 0 aromatic carbocycles. The summed E-state index contributed by atoms with van der Waals surface area (Å²) in [6, 6.07) is -0.527. The standard InChI is InChI=1S/C38H77NO3/c1-3-5-7-9-11-13-14-15-16-17-18-19-20-21-22-23-24-26-27-29-31-33-37(41)36(35-40)39-38(42)34-32-30-28-25-12-10-8-6-4-2/h36-37,40-41H,3-35H2,1-2H3,(H,39,42). The molecule has 0 aromatic rings. The average Bonchev–Trinajstić information content (AvgIpc) is 2.99. The molecular formula is C38H77NO3. The van der Waals surface area contributed by atoms with Crippen molar-refractivity contribution in [2.45, 2.75) is 231 Å². The topological polar surface area (TPSA) is 69.6 Å². The van der Waals surface area contributed by atoms with Crippen LogP contribution in [0.1, 0.15) is 219 Å². The molecule has 0 fully saturated rings. The van der Waals surface area contributed by atoms with Crippen molar-refractivity contribution < 1.29 is 15.0 Å². The fourth-order valence-electron chi connectivity index (χ4n) is 6.13. The summed E-state index contributed by atoms with van der Waals surface area (Å²) < 4.78 is 0. The van der Waals surface area contributed by atoms with E-state index in [4.69, 9.17) is 0 Å². The molecule has 1 amide bonds. The molecule has 0 aliphatic carbocycles. The van der Waals surface area contributed by atoms with Crippen molar-refractivity contribution in [3.05, 3.63) is 0 Å². The Balaban J connectivity index is 3.45. The summed E-state index contributed by atoms with van der Waals surface area (Å²) in [4.78, 5) is 12.3. The number of hydrogen-bond acceptors (Lipinski definition) is 3. The molecule has 0 heterocycles. The van der Waals surface area contributed by atoms with E-state index >= 15 is 0 Å². The number of amides is 1. The second-order valence-corrected chi connectivity index (χ2v) is 13.4. The van der Waals surface area contributed by atoms with Gasteiger partial charge in [0, 0.05) is 6.42 Å². The molecule has 0 saturated heterocycles. The lowest BCUT2D eigenvalue weighted by molar-refractivity contribution is -0.123. The molecule has 0 radical (unpaired) electrons. The SMILES string of the molecule is CCCCCCCCCCCCCCCCCCCCCCCC(O)C(CO)NC(=O)CCCCCCCCCCC. The molecule has 0 aromatic heterocycles. The van der Waals surface area contributed by atoms with E-state index in [1.54, 1.807) is 0 Å². The number of nitrogens with one attached hydrogen (secondary N) is 1. The largest absolute Gasteiger partial charge is 0.394 e. The van der Waals surface area contributed by atoms with E-state index in [9.17, 15) is 15.0 Å². The van der Waals surface area contributed by atoms with Gasteiger partial charge in [0.05, 0.1) is 18.8 Å². The van der Waals surface area contributed by atoms with Crippen molar-refractivity contribution in [1.82, 2.24) is 5.32 Å². The Morgan fingerprint density at radius 2 is 0.762 bits per heavy atom. The molecule has 0 spiro atoms. The van der Waals surface area contributed by atoms with Gasteiger partial charge in [-0.1, -0.05) is 200 Å². The van der Waals surface area contributed by atoms with Crippen LogP contribution in [0, 0.1) is 0 Å². The van der Waals surface area contributed by atoms with E-state index in [1.807, 2.05) is 0 Å². The number of hydrogen-bond donors (Lipinski definition) is 3. The monoisotopic (exact) mass is 596 g/mol. The van der Waals surface area contributed by atoms with Crippen LogP contribution >= 0.6 is 0 Å². The molecular weight excluding hydrogens is 518 g/mol. The summed E-state index contributed by atoms with van der Waals surface area (Å²) in [5.74, 6) is -0.0325. The van der Waals surface area contributed by atoms with Crippen LogP contribution in [-0.2, 0) is 4.79 Å². The Morgan fingerprint density at radius 3 is 1.07 bits per heavy atom. The van der Waals surface area contributed by atoms with Gasteiger partial charge in [-0.3, -0.25) is 4.79 Å². The van der Waals surface area contributed by atoms with Gasteiger partial charge in [-0.15, -0.1) is 0 Å². The molecule has 4 heteroatoms. The Bertz CT molecular complexity index is 526. The zero-order valence-electron chi connectivity index (χ0n) is 28.8. The minimum absolute atomic E-state index is 0.0325. The maximum atomic E-state index is 12.3. The molecule has 4 nitrogen and oxygen atoms in total. The minimum Gasteiger partial charge on any atom is -0.394 e. The third-order valence-electron chi connectivity index (χ3n) is 9.12. The number of aliphatic hydroxyl groups is 2. The van der Waals surface area contributed by atoms with Crippen LogP contribution in [0.2, 0.25) is 0 Å². The van der Waals surface area contributed by atoms with Crippen LogP contribution < -0.4 is 5.32 Å². The van der Waals surface area contributed by atoms with Crippen molar-refractivity contribution in [2.24, 2.45) is 0 Å². The Kier molecular flexibility index (Phi) is 34.4. The first-order valence-corrected chi connectivity index (χ1v) is 19.2. The maximum Gasteiger partial charge on any atom is 0.220 e. The van der Waals surface area contributed by atoms with Gasteiger partial charge in [0.25, 0.3) is 0 Å². The van der Waals surface area contributed by atoms with Crippen LogP contribution in [0.5, 0.6) is 0 Å². The normalized spacial score (nSPS) is 13.0. The third-order valence-corrected chi connectivity index (χ3v) is 9.12. The third kappa shape index (κ3) is 30.8. The molecule has 0 bridgehead atoms. The number of aliphatic hydroxyl groups excluding tert-OH is 2. The van der Waals surface area contributed by atoms with Gasteiger partial charge < -0.3 is 15.5 Å². The predicted octanol–water partition coefficient (Wildman–Crippen LogP) is 11.3. The van der Waals surface area contributed by atoms with Crippen molar-refractivity contribution in [3.8, 4) is 0 Å². The highest BCUT2D eigenvalue weighted by molar-refractivity contribution is 5.76. The van der Waals surface area contributed by atoms with Crippen LogP contribution in [0.4, 0.5) is 0 Å². The van der Waals surface area contributed by atoms with Gasteiger partial charge >= 0.3 is 0 Å².